The number of fused-ring (bicyclic) bond motifs is 1. The Bertz CT molecular complexity index is 1420. The number of carbonyl (C=O) groups is 1. The molecule has 0 aromatic carbocycles. The minimum absolute atomic E-state index is 0.00861. The summed E-state index contributed by atoms with van der Waals surface area (Å²) in [7, 11) is -4.44. The lowest BCUT2D eigenvalue weighted by Crippen LogP contribution is -2.61. The lowest BCUT2D eigenvalue weighted by Gasteiger charge is -2.65. The molecule has 0 radical (unpaired) electrons. The summed E-state index contributed by atoms with van der Waals surface area (Å²) in [6, 6.07) is 0. The monoisotopic (exact) mass is 583 g/mol. The first kappa shape index (κ1) is 27.3. The van der Waals surface area contributed by atoms with E-state index < -0.39 is 46.2 Å². The lowest BCUT2D eigenvalue weighted by atomic mass is 9.43. The first-order valence-electron chi connectivity index (χ1n) is 13.3. The number of nitrogens with one attached hydrogen (secondary N) is 1. The van der Waals surface area contributed by atoms with Gasteiger partial charge in [0.15, 0.2) is 23.2 Å². The number of anilines is 1. The Hall–Kier alpha value is -1.90. The molecule has 2 aromatic heterocycles. The number of carbonyl (C=O) groups excluding carboxylic acids is 1. The van der Waals surface area contributed by atoms with Gasteiger partial charge >= 0.3 is 0 Å². The molecular formula is C25H34ClN5O7S. The summed E-state index contributed by atoms with van der Waals surface area (Å²) in [6.45, 7) is 4.78. The predicted octanol–water partition coefficient (Wildman–Crippen LogP) is 2.50. The Morgan fingerprint density at radius 2 is 1.85 bits per heavy atom. The van der Waals surface area contributed by atoms with Crippen LogP contribution in [0, 0.1) is 16.7 Å². The summed E-state index contributed by atoms with van der Waals surface area (Å²) in [4.78, 5) is 25.3. The highest BCUT2D eigenvalue weighted by Crippen LogP contribution is 2.67. The first-order chi connectivity index (χ1) is 18.2. The fraction of sp³-hybridized carbons (Fsp3) is 0.760. The van der Waals surface area contributed by atoms with Crippen LogP contribution in [0.25, 0.3) is 11.2 Å². The van der Waals surface area contributed by atoms with E-state index in [-0.39, 0.29) is 34.5 Å². The average molecular weight is 584 g/mol. The highest BCUT2D eigenvalue weighted by atomic mass is 35.5. The Morgan fingerprint density at radius 3 is 2.49 bits per heavy atom. The zero-order valence-corrected chi connectivity index (χ0v) is 23.5. The topological polar surface area (TPSA) is 177 Å². The number of hydrogen-bond donors (Lipinski definition) is 4. The largest absolute Gasteiger partial charge is 0.388 e. The molecule has 4 N–H and O–H groups in total. The number of aliphatic hydroxyl groups excluding tert-OH is 2. The summed E-state index contributed by atoms with van der Waals surface area (Å²) < 4.78 is 38.2. The van der Waals surface area contributed by atoms with Gasteiger partial charge in [-0.2, -0.15) is 18.4 Å². The molecule has 39 heavy (non-hydrogen) atoms. The third-order valence-electron chi connectivity index (χ3n) is 9.07. The molecule has 4 aliphatic carbocycles. The Labute approximate surface area is 231 Å². The van der Waals surface area contributed by atoms with Gasteiger partial charge in [0.25, 0.3) is 10.1 Å². The van der Waals surface area contributed by atoms with E-state index in [1.54, 1.807) is 0 Å². The molecule has 4 bridgehead atoms. The van der Waals surface area contributed by atoms with Crippen LogP contribution in [-0.4, -0.2) is 78.1 Å². The lowest BCUT2D eigenvalue weighted by molar-refractivity contribution is -0.118. The van der Waals surface area contributed by atoms with Gasteiger partial charge in [-0.1, -0.05) is 13.8 Å². The number of aromatic nitrogens is 4. The van der Waals surface area contributed by atoms with Crippen molar-refractivity contribution in [1.29, 1.82) is 0 Å². The van der Waals surface area contributed by atoms with Crippen LogP contribution in [-0.2, 0) is 19.6 Å². The van der Waals surface area contributed by atoms with Crippen LogP contribution < -0.4 is 5.32 Å². The number of aliphatic hydroxyl groups is 2. The fourth-order valence-electron chi connectivity index (χ4n) is 8.78. The van der Waals surface area contributed by atoms with Crippen LogP contribution in [0.2, 0.25) is 5.28 Å². The zero-order chi connectivity index (χ0) is 28.0. The molecule has 3 heterocycles. The smallest absolute Gasteiger partial charge is 0.272 e. The van der Waals surface area contributed by atoms with E-state index in [1.807, 2.05) is 0 Å². The summed E-state index contributed by atoms with van der Waals surface area (Å²) in [5.41, 5.74) is 1.26. The molecule has 4 saturated carbocycles. The number of rotatable bonds is 8. The summed E-state index contributed by atoms with van der Waals surface area (Å²) in [5, 5.41) is 25.1. The molecule has 0 spiro atoms. The van der Waals surface area contributed by atoms with Crippen molar-refractivity contribution >= 4 is 44.5 Å². The molecule has 14 heteroatoms. The number of ketones is 1. The summed E-state index contributed by atoms with van der Waals surface area (Å²) in [6.07, 6.45) is 3.34. The van der Waals surface area contributed by atoms with Crippen molar-refractivity contribution in [3.63, 3.8) is 0 Å². The zero-order valence-electron chi connectivity index (χ0n) is 21.9. The maximum Gasteiger partial charge on any atom is 0.272 e. The van der Waals surface area contributed by atoms with Crippen molar-refractivity contribution in [1.82, 2.24) is 19.5 Å². The molecule has 214 valence electrons. The van der Waals surface area contributed by atoms with Gasteiger partial charge in [0.05, 0.1) is 12.4 Å². The second-order valence-corrected chi connectivity index (χ2v) is 14.8. The van der Waals surface area contributed by atoms with Crippen molar-refractivity contribution in [3.05, 3.63) is 11.6 Å². The van der Waals surface area contributed by atoms with E-state index in [2.05, 4.69) is 34.1 Å². The maximum atomic E-state index is 11.9. The van der Waals surface area contributed by atoms with Crippen LogP contribution in [0.1, 0.15) is 71.4 Å². The number of Topliss-reactive ketones (excluding diaryl/α,β-unsaturated/α-hetero) is 1. The molecule has 12 nitrogen and oxygen atoms in total. The molecule has 0 amide bonds. The third-order valence-corrected chi connectivity index (χ3v) is 9.92. The highest BCUT2D eigenvalue weighted by molar-refractivity contribution is 7.86. The Morgan fingerprint density at radius 1 is 1.15 bits per heavy atom. The minimum Gasteiger partial charge on any atom is -0.388 e. The second-order valence-electron chi connectivity index (χ2n) is 13.1. The van der Waals surface area contributed by atoms with Crippen molar-refractivity contribution in [2.24, 2.45) is 16.7 Å². The first-order valence-corrected chi connectivity index (χ1v) is 15.3. The van der Waals surface area contributed by atoms with Crippen LogP contribution in [0.4, 0.5) is 5.82 Å². The van der Waals surface area contributed by atoms with Gasteiger partial charge in [0.2, 0.25) is 5.28 Å². The van der Waals surface area contributed by atoms with Gasteiger partial charge in [0.1, 0.15) is 23.7 Å². The van der Waals surface area contributed by atoms with Crippen LogP contribution in [0.3, 0.4) is 0 Å². The summed E-state index contributed by atoms with van der Waals surface area (Å²) in [5.74, 6) is -0.543. The Kier molecular flexibility index (Phi) is 6.33. The van der Waals surface area contributed by atoms with E-state index in [4.69, 9.17) is 20.9 Å². The second kappa shape index (κ2) is 9.05. The maximum absolute atomic E-state index is 11.9. The number of nitrogens with zero attached hydrogens (tertiary/aromatic N) is 4. The molecule has 5 aliphatic rings. The van der Waals surface area contributed by atoms with E-state index in [0.29, 0.717) is 22.9 Å². The van der Waals surface area contributed by atoms with Gasteiger partial charge in [-0.3, -0.25) is 13.9 Å². The van der Waals surface area contributed by atoms with Gasteiger partial charge < -0.3 is 20.3 Å². The molecule has 1 saturated heterocycles. The quantitative estimate of drug-likeness (QED) is 0.265. The van der Waals surface area contributed by atoms with Crippen molar-refractivity contribution in [2.45, 2.75) is 95.3 Å². The SMILES string of the molecule is C[C@]12C[C@@H]3C[C@](C)(C1)C[C@@](Nc1nc(Cl)nc4c1ncn4[C@@H]1O[C@H](CCC(=O)CS(=O)(=O)O)C(O)C1O)(C3)C2. The van der Waals surface area contributed by atoms with Gasteiger partial charge in [-0.05, 0) is 73.3 Å². The third kappa shape index (κ3) is 5.06. The van der Waals surface area contributed by atoms with Crippen molar-refractivity contribution in [3.8, 4) is 0 Å². The number of halogens is 1. The molecule has 8 atom stereocenters. The van der Waals surface area contributed by atoms with Crippen molar-refractivity contribution < 1.29 is 32.7 Å². The number of ether oxygens (including phenoxy) is 1. The molecule has 2 aromatic rings. The standard InChI is InChI=1S/C25H34ClN5O7S/c1-23-5-13-6-24(2,9-23)11-25(7-13,10-23)30-19-16-20(29-22(26)28-19)31(12-27-16)21-18(34)17(33)15(38-21)4-3-14(32)8-39(35,36)37/h12-13,15,17-18,21,33-34H,3-11H2,1-2H3,(H,28,29,30)(H,35,36,37)/t13-,15-,17?,18?,21-,23+,24-,25-/m1/s1. The molecule has 1 aliphatic heterocycles. The van der Waals surface area contributed by atoms with E-state index in [9.17, 15) is 23.4 Å². The van der Waals surface area contributed by atoms with Crippen LogP contribution in [0.15, 0.2) is 6.33 Å². The van der Waals surface area contributed by atoms with Gasteiger partial charge in [0, 0.05) is 12.0 Å². The normalized spacial score (nSPS) is 39.5. The van der Waals surface area contributed by atoms with Gasteiger partial charge in [-0.15, -0.1) is 0 Å². The van der Waals surface area contributed by atoms with E-state index in [0.717, 1.165) is 19.3 Å². The predicted molar refractivity (Wildman–Crippen MR) is 141 cm³/mol. The van der Waals surface area contributed by atoms with Crippen LogP contribution >= 0.6 is 11.6 Å². The molecular weight excluding hydrogens is 550 g/mol. The fourth-order valence-corrected chi connectivity index (χ4v) is 9.49. The molecule has 2 unspecified atom stereocenters. The van der Waals surface area contributed by atoms with Gasteiger partial charge in [-0.25, -0.2) is 4.98 Å². The van der Waals surface area contributed by atoms with Crippen LogP contribution in [0.5, 0.6) is 0 Å². The molecule has 7 rings (SSSR count). The van der Waals surface area contributed by atoms with Crippen molar-refractivity contribution in [2.75, 3.05) is 11.1 Å². The number of hydrogen-bond acceptors (Lipinski definition) is 10. The number of imidazole rings is 1. The van der Waals surface area contributed by atoms with E-state index in [1.165, 1.54) is 30.2 Å². The minimum atomic E-state index is -4.44. The van der Waals surface area contributed by atoms with E-state index >= 15 is 0 Å². The average Bonchev–Trinajstić information content (AvgIpc) is 3.29. The highest BCUT2D eigenvalue weighted by Gasteiger charge is 2.60. The summed E-state index contributed by atoms with van der Waals surface area (Å²) >= 11 is 6.37. The Balaban J connectivity index is 1.25. The molecule has 5 fully saturated rings.